The molecule has 0 saturated carbocycles. The molecule has 1 aliphatic rings. The van der Waals surface area contributed by atoms with Crippen LogP contribution < -0.4 is 4.90 Å². The largest absolute Gasteiger partial charge is 0.477 e. The molecule has 1 N–H and O–H groups in total. The maximum Gasteiger partial charge on any atom is 0.410 e. The van der Waals surface area contributed by atoms with E-state index >= 15 is 0 Å². The molecule has 0 aromatic heterocycles. The fraction of sp³-hybridized carbons (Fsp3) is 0.500. The Labute approximate surface area is 144 Å². The van der Waals surface area contributed by atoms with E-state index in [1.807, 2.05) is 4.90 Å². The lowest BCUT2D eigenvalue weighted by Crippen LogP contribution is -2.50. The molecule has 1 saturated heterocycles. The second-order valence-corrected chi connectivity index (χ2v) is 6.72. The van der Waals surface area contributed by atoms with Crippen molar-refractivity contribution < 1.29 is 24.4 Å². The molecule has 9 heteroatoms. The molecule has 0 aliphatic carbocycles. The van der Waals surface area contributed by atoms with Crippen LogP contribution in [0.4, 0.5) is 16.2 Å². The van der Waals surface area contributed by atoms with Crippen molar-refractivity contribution in [2.75, 3.05) is 31.1 Å². The lowest BCUT2D eigenvalue weighted by atomic mass is 10.1. The van der Waals surface area contributed by atoms with Gasteiger partial charge in [-0.2, -0.15) is 0 Å². The third-order valence-electron chi connectivity index (χ3n) is 3.70. The van der Waals surface area contributed by atoms with Crippen LogP contribution in [0.15, 0.2) is 18.2 Å². The molecule has 0 radical (unpaired) electrons. The Balaban J connectivity index is 2.08. The summed E-state index contributed by atoms with van der Waals surface area (Å²) in [5.74, 6) is -1.34. The Morgan fingerprint density at radius 2 is 1.80 bits per heavy atom. The zero-order valence-corrected chi connectivity index (χ0v) is 14.4. The van der Waals surface area contributed by atoms with E-state index in [2.05, 4.69) is 0 Å². The van der Waals surface area contributed by atoms with E-state index in [0.717, 1.165) is 0 Å². The average Bonchev–Trinajstić information content (AvgIpc) is 2.52. The van der Waals surface area contributed by atoms with Crippen LogP contribution >= 0.6 is 0 Å². The summed E-state index contributed by atoms with van der Waals surface area (Å²) in [7, 11) is 0. The Morgan fingerprint density at radius 3 is 2.28 bits per heavy atom. The van der Waals surface area contributed by atoms with E-state index in [9.17, 15) is 19.7 Å². The average molecular weight is 351 g/mol. The highest BCUT2D eigenvalue weighted by Gasteiger charge is 2.27. The number of nitro benzene ring substituents is 1. The number of carbonyl (C=O) groups excluding carboxylic acids is 1. The van der Waals surface area contributed by atoms with Crippen LogP contribution in [0.5, 0.6) is 0 Å². The molecular formula is C16H21N3O6. The Bertz CT molecular complexity index is 690. The SMILES string of the molecule is CC(C)(C)OC(=O)N1CCN(c2ccc(C(=O)O)c([N+](=O)[O-])c2)CC1. The molecule has 1 aromatic rings. The molecule has 2 rings (SSSR count). The first kappa shape index (κ1) is 18.5. The van der Waals surface area contributed by atoms with Gasteiger partial charge in [0.15, 0.2) is 0 Å². The van der Waals surface area contributed by atoms with Gasteiger partial charge in [0.25, 0.3) is 5.69 Å². The number of hydrogen-bond donors (Lipinski definition) is 1. The predicted octanol–water partition coefficient (Wildman–Crippen LogP) is 2.35. The summed E-state index contributed by atoms with van der Waals surface area (Å²) in [6.07, 6.45) is -0.389. The molecule has 0 atom stereocenters. The second kappa shape index (κ2) is 6.96. The van der Waals surface area contributed by atoms with Crippen LogP contribution in [0.3, 0.4) is 0 Å². The van der Waals surface area contributed by atoms with Gasteiger partial charge in [0.2, 0.25) is 0 Å². The molecule has 1 amide bonds. The van der Waals surface area contributed by atoms with E-state index in [1.165, 1.54) is 12.1 Å². The maximum absolute atomic E-state index is 12.1. The molecule has 25 heavy (non-hydrogen) atoms. The van der Waals surface area contributed by atoms with Crippen LogP contribution in [-0.4, -0.2) is 58.8 Å². The fourth-order valence-electron chi connectivity index (χ4n) is 2.52. The minimum Gasteiger partial charge on any atom is -0.477 e. The number of nitrogens with zero attached hydrogens (tertiary/aromatic N) is 3. The Hall–Kier alpha value is -2.84. The van der Waals surface area contributed by atoms with Gasteiger partial charge >= 0.3 is 12.1 Å². The summed E-state index contributed by atoms with van der Waals surface area (Å²) in [4.78, 5) is 37.0. The number of carboxylic acids is 1. The van der Waals surface area contributed by atoms with Crippen molar-refractivity contribution in [3.05, 3.63) is 33.9 Å². The van der Waals surface area contributed by atoms with Gasteiger partial charge in [-0.25, -0.2) is 9.59 Å². The number of rotatable bonds is 3. The van der Waals surface area contributed by atoms with Gasteiger partial charge in [-0.3, -0.25) is 10.1 Å². The topological polar surface area (TPSA) is 113 Å². The van der Waals surface area contributed by atoms with Gasteiger partial charge in [0, 0.05) is 37.9 Å². The third kappa shape index (κ3) is 4.59. The quantitative estimate of drug-likeness (QED) is 0.657. The number of carboxylic acid groups (broad SMARTS) is 1. The number of piperazine rings is 1. The number of carbonyl (C=O) groups is 2. The molecule has 1 aromatic carbocycles. The van der Waals surface area contributed by atoms with Gasteiger partial charge in [0.05, 0.1) is 4.92 Å². The van der Waals surface area contributed by atoms with Crippen molar-refractivity contribution in [2.24, 2.45) is 0 Å². The first-order chi connectivity index (χ1) is 11.6. The monoisotopic (exact) mass is 351 g/mol. The maximum atomic E-state index is 12.1. The third-order valence-corrected chi connectivity index (χ3v) is 3.70. The molecule has 0 bridgehead atoms. The summed E-state index contributed by atoms with van der Waals surface area (Å²) in [5, 5.41) is 20.1. The number of anilines is 1. The number of ether oxygens (including phenoxy) is 1. The molecule has 136 valence electrons. The summed E-state index contributed by atoms with van der Waals surface area (Å²) in [5.41, 5.74) is -0.803. The first-order valence-electron chi connectivity index (χ1n) is 7.83. The van der Waals surface area contributed by atoms with E-state index < -0.39 is 22.2 Å². The van der Waals surface area contributed by atoms with Crippen LogP contribution in [0.1, 0.15) is 31.1 Å². The highest BCUT2D eigenvalue weighted by Crippen LogP contribution is 2.26. The number of amides is 1. The van der Waals surface area contributed by atoms with Crippen LogP contribution in [0.25, 0.3) is 0 Å². The lowest BCUT2D eigenvalue weighted by molar-refractivity contribution is -0.385. The van der Waals surface area contributed by atoms with Gasteiger partial charge in [-0.15, -0.1) is 0 Å². The number of hydrogen-bond acceptors (Lipinski definition) is 6. The number of benzene rings is 1. The molecule has 1 fully saturated rings. The lowest BCUT2D eigenvalue weighted by Gasteiger charge is -2.36. The van der Waals surface area contributed by atoms with Crippen LogP contribution in [0, 0.1) is 10.1 Å². The summed E-state index contributed by atoms with van der Waals surface area (Å²) >= 11 is 0. The van der Waals surface area contributed by atoms with Crippen molar-refractivity contribution >= 4 is 23.4 Å². The molecule has 0 spiro atoms. The number of nitro groups is 1. The predicted molar refractivity (Wildman–Crippen MR) is 90.1 cm³/mol. The fourth-order valence-corrected chi connectivity index (χ4v) is 2.52. The highest BCUT2D eigenvalue weighted by molar-refractivity contribution is 5.93. The summed E-state index contributed by atoms with van der Waals surface area (Å²) < 4.78 is 5.32. The van der Waals surface area contributed by atoms with E-state index in [1.54, 1.807) is 31.7 Å². The van der Waals surface area contributed by atoms with E-state index in [4.69, 9.17) is 9.84 Å². The number of aromatic carboxylic acids is 1. The van der Waals surface area contributed by atoms with Crippen molar-refractivity contribution in [1.29, 1.82) is 0 Å². The minimum absolute atomic E-state index is 0.346. The smallest absolute Gasteiger partial charge is 0.410 e. The molecular weight excluding hydrogens is 330 g/mol. The highest BCUT2D eigenvalue weighted by atomic mass is 16.6. The second-order valence-electron chi connectivity index (χ2n) is 6.72. The van der Waals surface area contributed by atoms with Crippen LogP contribution in [-0.2, 0) is 4.74 Å². The van der Waals surface area contributed by atoms with Crippen molar-refractivity contribution in [3.63, 3.8) is 0 Å². The van der Waals surface area contributed by atoms with Gasteiger partial charge in [-0.05, 0) is 32.9 Å². The van der Waals surface area contributed by atoms with Gasteiger partial charge in [-0.1, -0.05) is 0 Å². The standard InChI is InChI=1S/C16H21N3O6/c1-16(2,3)25-15(22)18-8-6-17(7-9-18)11-4-5-12(14(20)21)13(10-11)19(23)24/h4-5,10H,6-9H2,1-3H3,(H,20,21). The zero-order valence-electron chi connectivity index (χ0n) is 14.4. The molecule has 1 heterocycles. The zero-order chi connectivity index (χ0) is 18.8. The van der Waals surface area contributed by atoms with Crippen LogP contribution in [0.2, 0.25) is 0 Å². The van der Waals surface area contributed by atoms with Gasteiger partial charge in [0.1, 0.15) is 11.2 Å². The summed E-state index contributed by atoms with van der Waals surface area (Å²) in [6, 6.07) is 4.03. The first-order valence-corrected chi connectivity index (χ1v) is 7.83. The van der Waals surface area contributed by atoms with Crippen molar-refractivity contribution in [1.82, 2.24) is 4.90 Å². The molecule has 9 nitrogen and oxygen atoms in total. The normalized spacial score (nSPS) is 15.0. The molecule has 0 unspecified atom stereocenters. The van der Waals surface area contributed by atoms with E-state index in [-0.39, 0.29) is 11.7 Å². The Kier molecular flexibility index (Phi) is 5.15. The van der Waals surface area contributed by atoms with Gasteiger partial charge < -0.3 is 19.6 Å². The minimum atomic E-state index is -1.34. The van der Waals surface area contributed by atoms with Crippen molar-refractivity contribution in [3.8, 4) is 0 Å². The van der Waals surface area contributed by atoms with E-state index in [0.29, 0.717) is 31.9 Å². The van der Waals surface area contributed by atoms with Crippen molar-refractivity contribution in [2.45, 2.75) is 26.4 Å². The summed E-state index contributed by atoms with van der Waals surface area (Å²) in [6.45, 7) is 7.18. The molecule has 1 aliphatic heterocycles. The Morgan fingerprint density at radius 1 is 1.20 bits per heavy atom.